The molecule has 0 radical (unpaired) electrons. The number of amides is 2. The normalized spacial score (nSPS) is 13.7. The number of esters is 1. The van der Waals surface area contributed by atoms with E-state index in [2.05, 4.69) is 0 Å². The molecule has 2 amide bonds. The largest absolute Gasteiger partial charge is 0.460 e. The van der Waals surface area contributed by atoms with Crippen LogP contribution in [0.4, 0.5) is 0 Å². The van der Waals surface area contributed by atoms with Crippen LogP contribution in [0.1, 0.15) is 60.7 Å². The van der Waals surface area contributed by atoms with Crippen molar-refractivity contribution in [2.45, 2.75) is 45.6 Å². The summed E-state index contributed by atoms with van der Waals surface area (Å²) in [6.45, 7) is 5.25. The molecule has 0 unspecified atom stereocenters. The first-order valence-electron chi connectivity index (χ1n) is 7.59. The van der Waals surface area contributed by atoms with E-state index in [0.717, 1.165) is 0 Å². The number of rotatable bonds is 5. The van der Waals surface area contributed by atoms with Gasteiger partial charge in [0.25, 0.3) is 11.8 Å². The Hall–Kier alpha value is -2.70. The molecule has 1 aromatic carbocycles. The van der Waals surface area contributed by atoms with Crippen molar-refractivity contribution < 1.29 is 28.8 Å². The van der Waals surface area contributed by atoms with Gasteiger partial charge in [-0.15, -0.1) is 0 Å². The molecule has 1 heterocycles. The van der Waals surface area contributed by atoms with Gasteiger partial charge in [-0.25, -0.2) is 4.79 Å². The van der Waals surface area contributed by atoms with E-state index in [1.54, 1.807) is 32.9 Å². The SMILES string of the molecule is CC(C)(C)OC(=O)CCCC(=O)ON1C(=O)c2ccccc2C1=O. The number of benzene rings is 1. The molecule has 7 heteroatoms. The minimum atomic E-state index is -0.756. The van der Waals surface area contributed by atoms with Gasteiger partial charge in [0, 0.05) is 12.8 Å². The van der Waals surface area contributed by atoms with Crippen LogP contribution in [-0.4, -0.2) is 34.4 Å². The van der Waals surface area contributed by atoms with Gasteiger partial charge in [-0.1, -0.05) is 17.2 Å². The lowest BCUT2D eigenvalue weighted by molar-refractivity contribution is -0.168. The molecule has 24 heavy (non-hydrogen) atoms. The molecule has 0 N–H and O–H groups in total. The van der Waals surface area contributed by atoms with E-state index >= 15 is 0 Å². The van der Waals surface area contributed by atoms with Crippen molar-refractivity contribution in [1.29, 1.82) is 0 Å². The highest BCUT2D eigenvalue weighted by atomic mass is 16.7. The van der Waals surface area contributed by atoms with Gasteiger partial charge in [0.15, 0.2) is 0 Å². The first-order chi connectivity index (χ1) is 11.2. The molecule has 0 fully saturated rings. The van der Waals surface area contributed by atoms with Crippen molar-refractivity contribution in [1.82, 2.24) is 5.06 Å². The Morgan fingerprint density at radius 1 is 0.958 bits per heavy atom. The summed E-state index contributed by atoms with van der Waals surface area (Å²) in [5.41, 5.74) is -0.189. The molecule has 1 aliphatic heterocycles. The van der Waals surface area contributed by atoms with E-state index in [4.69, 9.17) is 9.57 Å². The molecule has 0 atom stereocenters. The van der Waals surface area contributed by atoms with Gasteiger partial charge in [0.2, 0.25) is 0 Å². The highest BCUT2D eigenvalue weighted by Crippen LogP contribution is 2.23. The van der Waals surface area contributed by atoms with Crippen molar-refractivity contribution in [2.24, 2.45) is 0 Å². The second-order valence-electron chi connectivity index (χ2n) is 6.35. The van der Waals surface area contributed by atoms with Gasteiger partial charge >= 0.3 is 11.9 Å². The number of hydrogen-bond donors (Lipinski definition) is 0. The Morgan fingerprint density at radius 3 is 1.96 bits per heavy atom. The number of fused-ring (bicyclic) bond motifs is 1. The summed E-state index contributed by atoms with van der Waals surface area (Å²) >= 11 is 0. The van der Waals surface area contributed by atoms with Crippen LogP contribution in [-0.2, 0) is 19.2 Å². The van der Waals surface area contributed by atoms with Gasteiger partial charge in [0.1, 0.15) is 5.60 Å². The number of carbonyl (C=O) groups excluding carboxylic acids is 4. The lowest BCUT2D eigenvalue weighted by Crippen LogP contribution is -2.32. The van der Waals surface area contributed by atoms with Crippen LogP contribution in [0.3, 0.4) is 0 Å². The summed E-state index contributed by atoms with van der Waals surface area (Å²) in [5, 5.41) is 0.459. The molecule has 1 aliphatic rings. The van der Waals surface area contributed by atoms with E-state index in [1.165, 1.54) is 12.1 Å². The molecular formula is C17H19NO6. The van der Waals surface area contributed by atoms with Crippen molar-refractivity contribution in [3.8, 4) is 0 Å². The van der Waals surface area contributed by atoms with Crippen molar-refractivity contribution in [2.75, 3.05) is 0 Å². The Morgan fingerprint density at radius 2 is 1.46 bits per heavy atom. The average molecular weight is 333 g/mol. The average Bonchev–Trinajstić information content (AvgIpc) is 2.71. The molecule has 128 valence electrons. The number of ether oxygens (including phenoxy) is 1. The first-order valence-corrected chi connectivity index (χ1v) is 7.59. The fraction of sp³-hybridized carbons (Fsp3) is 0.412. The molecule has 0 saturated heterocycles. The second-order valence-corrected chi connectivity index (χ2v) is 6.35. The van der Waals surface area contributed by atoms with E-state index in [1.807, 2.05) is 0 Å². The summed E-state index contributed by atoms with van der Waals surface area (Å²) in [4.78, 5) is 52.2. The maximum Gasteiger partial charge on any atom is 0.333 e. The predicted octanol–water partition coefficient (Wildman–Crippen LogP) is 2.25. The Balaban J connectivity index is 1.83. The minimum absolute atomic E-state index is 0.0501. The van der Waals surface area contributed by atoms with Crippen LogP contribution >= 0.6 is 0 Å². The molecule has 0 aromatic heterocycles. The number of hydrogen-bond acceptors (Lipinski definition) is 6. The van der Waals surface area contributed by atoms with Gasteiger partial charge < -0.3 is 9.57 Å². The van der Waals surface area contributed by atoms with Crippen LogP contribution in [0.5, 0.6) is 0 Å². The quantitative estimate of drug-likeness (QED) is 0.606. The van der Waals surface area contributed by atoms with E-state index < -0.39 is 29.4 Å². The molecule has 0 bridgehead atoms. The van der Waals surface area contributed by atoms with Gasteiger partial charge in [0.05, 0.1) is 11.1 Å². The molecular weight excluding hydrogens is 314 g/mol. The lowest BCUT2D eigenvalue weighted by atomic mass is 10.1. The molecule has 1 aromatic rings. The summed E-state index contributed by atoms with van der Waals surface area (Å²) < 4.78 is 5.12. The maximum absolute atomic E-state index is 12.0. The number of hydroxylamine groups is 2. The number of nitrogens with zero attached hydrogens (tertiary/aromatic N) is 1. The summed E-state index contributed by atoms with van der Waals surface area (Å²) in [5.74, 6) is -2.52. The highest BCUT2D eigenvalue weighted by Gasteiger charge is 2.38. The van der Waals surface area contributed by atoms with Crippen LogP contribution in [0.2, 0.25) is 0 Å². The van der Waals surface area contributed by atoms with E-state index in [9.17, 15) is 19.2 Å². The van der Waals surface area contributed by atoms with Crippen molar-refractivity contribution in [3.05, 3.63) is 35.4 Å². The number of carbonyl (C=O) groups is 4. The molecule has 2 rings (SSSR count). The van der Waals surface area contributed by atoms with Gasteiger partial charge in [-0.3, -0.25) is 14.4 Å². The molecule has 0 aliphatic carbocycles. The molecule has 7 nitrogen and oxygen atoms in total. The summed E-state index contributed by atoms with van der Waals surface area (Å²) in [7, 11) is 0. The van der Waals surface area contributed by atoms with E-state index in [-0.39, 0.29) is 30.4 Å². The molecule has 0 saturated carbocycles. The Kier molecular flexibility index (Phi) is 5.02. The fourth-order valence-corrected chi connectivity index (χ4v) is 2.17. The Labute approximate surface area is 139 Å². The zero-order valence-electron chi connectivity index (χ0n) is 13.8. The monoisotopic (exact) mass is 333 g/mol. The summed E-state index contributed by atoms with van der Waals surface area (Å²) in [6.07, 6.45) is 0.151. The van der Waals surface area contributed by atoms with Crippen LogP contribution in [0.25, 0.3) is 0 Å². The zero-order chi connectivity index (χ0) is 17.9. The standard InChI is InChI=1S/C17H19NO6/c1-17(2,3)23-13(19)9-6-10-14(20)24-18-15(21)11-7-4-5-8-12(11)16(18)22/h4-5,7-8H,6,9-10H2,1-3H3. The third-order valence-corrected chi connectivity index (χ3v) is 3.13. The van der Waals surface area contributed by atoms with Crippen molar-refractivity contribution in [3.63, 3.8) is 0 Å². The highest BCUT2D eigenvalue weighted by molar-refractivity contribution is 6.20. The third kappa shape index (κ3) is 4.18. The van der Waals surface area contributed by atoms with E-state index in [0.29, 0.717) is 5.06 Å². The predicted molar refractivity (Wildman–Crippen MR) is 82.7 cm³/mol. The second kappa shape index (κ2) is 6.82. The zero-order valence-corrected chi connectivity index (χ0v) is 13.8. The van der Waals surface area contributed by atoms with Crippen molar-refractivity contribution >= 4 is 23.8 Å². The first kappa shape index (κ1) is 17.7. The maximum atomic E-state index is 12.0. The van der Waals surface area contributed by atoms with Crippen LogP contribution in [0, 0.1) is 0 Å². The smallest absolute Gasteiger partial charge is 0.333 e. The van der Waals surface area contributed by atoms with Gasteiger partial charge in [-0.2, -0.15) is 0 Å². The van der Waals surface area contributed by atoms with Gasteiger partial charge in [-0.05, 0) is 39.3 Å². The number of imide groups is 1. The lowest BCUT2D eigenvalue weighted by Gasteiger charge is -2.19. The Bertz CT molecular complexity index is 654. The summed E-state index contributed by atoms with van der Waals surface area (Å²) in [6, 6.07) is 6.23. The minimum Gasteiger partial charge on any atom is -0.460 e. The fourth-order valence-electron chi connectivity index (χ4n) is 2.17. The topological polar surface area (TPSA) is 90.0 Å². The van der Waals surface area contributed by atoms with Crippen LogP contribution in [0.15, 0.2) is 24.3 Å². The third-order valence-electron chi connectivity index (χ3n) is 3.13. The molecule has 0 spiro atoms. The van der Waals surface area contributed by atoms with Crippen LogP contribution < -0.4 is 0 Å².